The van der Waals surface area contributed by atoms with Gasteiger partial charge in [-0.15, -0.1) is 27.4 Å². The molecule has 5 rings (SSSR count). The van der Waals surface area contributed by atoms with Gasteiger partial charge in [0.1, 0.15) is 21.6 Å². The summed E-state index contributed by atoms with van der Waals surface area (Å²) >= 11 is 7.87. The zero-order valence-corrected chi connectivity index (χ0v) is 33.1. The SMILES string of the molecule is C[n+]1cc(-c2ncc(C(=O)NC[C@@H]3[C@H](NC(=O)/C(=N\OC(C)(C)C(=O)O)c4csc(N)n4)C(=O)N3S(=O)(=O)O)s2)cn1CCCNC(=O)c1ccc(O)c(O)c1Cl. The van der Waals surface area contributed by atoms with Gasteiger partial charge in [-0.1, -0.05) is 16.8 Å². The fourth-order valence-electron chi connectivity index (χ4n) is 5.13. The summed E-state index contributed by atoms with van der Waals surface area (Å²) in [5.74, 6) is -6.10. The molecular weight excluding hydrogens is 836 g/mol. The lowest BCUT2D eigenvalue weighted by Gasteiger charge is -2.44. The molecule has 304 valence electrons. The van der Waals surface area contributed by atoms with Crippen LogP contribution in [0.15, 0.2) is 41.3 Å². The number of halogens is 1. The number of aromatic hydroxyl groups is 2. The van der Waals surface area contributed by atoms with Crippen molar-refractivity contribution in [3.05, 3.63) is 57.3 Å². The lowest BCUT2D eigenvalue weighted by Crippen LogP contribution is -2.74. The number of hydrogen-bond donors (Lipinski definition) is 8. The Labute approximate surface area is 335 Å². The standard InChI is InChI=1S/C31H33ClN10O12S3/c1-31(2,29(49)50)54-39-21(16-13-55-30(33)37-16)26(47)38-22-17(42(28(22)48)57(51,52)53)9-35-25(46)19-10-36-27(56-19)14-11-40(3)41(12-14)8-4-7-34-24(45)15-5-6-18(43)23(44)20(15)32/h5-6,10-13,17,22H,4,7-9H2,1-3H3,(H8-,33,34,35,37,38,39,43,44,45,46,47,49,50,51,52,53)/p+1/t17-,22+/m1/s1. The van der Waals surface area contributed by atoms with E-state index in [0.717, 1.165) is 42.6 Å². The minimum absolute atomic E-state index is 0.00290. The summed E-state index contributed by atoms with van der Waals surface area (Å²) in [6.07, 6.45) is 5.28. The first-order chi connectivity index (χ1) is 26.7. The van der Waals surface area contributed by atoms with Crippen LogP contribution in [0.1, 0.15) is 46.0 Å². The van der Waals surface area contributed by atoms with Crippen molar-refractivity contribution in [1.29, 1.82) is 0 Å². The van der Waals surface area contributed by atoms with Crippen LogP contribution >= 0.6 is 34.3 Å². The molecule has 1 aromatic carbocycles. The number of aromatic nitrogens is 4. The van der Waals surface area contributed by atoms with E-state index in [9.17, 15) is 52.3 Å². The number of nitrogen functional groups attached to an aromatic ring is 1. The van der Waals surface area contributed by atoms with Crippen molar-refractivity contribution >= 4 is 85.0 Å². The summed E-state index contributed by atoms with van der Waals surface area (Å²) in [5.41, 5.74) is 3.67. The third kappa shape index (κ3) is 9.39. The van der Waals surface area contributed by atoms with Gasteiger partial charge in [-0.2, -0.15) is 13.1 Å². The van der Waals surface area contributed by atoms with E-state index in [4.69, 9.17) is 22.2 Å². The second kappa shape index (κ2) is 16.7. The van der Waals surface area contributed by atoms with Crippen molar-refractivity contribution in [1.82, 2.24) is 34.9 Å². The van der Waals surface area contributed by atoms with Crippen LogP contribution in [-0.2, 0) is 43.1 Å². The molecule has 22 nitrogen and oxygen atoms in total. The predicted octanol–water partition coefficient (Wildman–Crippen LogP) is -0.128. The van der Waals surface area contributed by atoms with Crippen LogP contribution in [0.2, 0.25) is 5.02 Å². The number of nitrogens with zero attached hydrogens (tertiary/aromatic N) is 6. The number of hydrogen-bond acceptors (Lipinski definition) is 16. The number of carbonyl (C=O) groups excluding carboxylic acids is 4. The molecule has 4 heterocycles. The zero-order chi connectivity index (χ0) is 42.0. The minimum Gasteiger partial charge on any atom is -0.504 e. The number of benzene rings is 1. The minimum atomic E-state index is -5.14. The van der Waals surface area contributed by atoms with Crippen molar-refractivity contribution in [3.63, 3.8) is 0 Å². The van der Waals surface area contributed by atoms with Crippen LogP contribution in [0.5, 0.6) is 11.5 Å². The molecule has 0 aliphatic carbocycles. The average molecular weight is 870 g/mol. The maximum absolute atomic E-state index is 13.3. The molecule has 0 bridgehead atoms. The van der Waals surface area contributed by atoms with Gasteiger partial charge in [0.05, 0.1) is 41.1 Å². The number of thiazole rings is 2. The topological polar surface area (TPSA) is 322 Å². The Bertz CT molecular complexity index is 2390. The van der Waals surface area contributed by atoms with Crippen molar-refractivity contribution in [3.8, 4) is 22.1 Å². The van der Waals surface area contributed by atoms with Gasteiger partial charge >= 0.3 is 16.3 Å². The molecule has 0 unspecified atom stereocenters. The van der Waals surface area contributed by atoms with E-state index < -0.39 is 81.3 Å². The van der Waals surface area contributed by atoms with Crippen LogP contribution < -0.4 is 26.4 Å². The van der Waals surface area contributed by atoms with Crippen LogP contribution in [0.4, 0.5) is 5.13 Å². The number of anilines is 1. The fraction of sp³-hybridized carbons (Fsp3) is 0.323. The number of amides is 4. The highest BCUT2D eigenvalue weighted by Crippen LogP contribution is 2.35. The molecule has 1 aliphatic rings. The zero-order valence-electron chi connectivity index (χ0n) is 29.9. The quantitative estimate of drug-likeness (QED) is 0.0138. The van der Waals surface area contributed by atoms with Gasteiger partial charge in [-0.05, 0) is 32.4 Å². The molecule has 1 saturated heterocycles. The molecule has 4 aromatic rings. The van der Waals surface area contributed by atoms with Gasteiger partial charge in [0.25, 0.3) is 23.6 Å². The van der Waals surface area contributed by atoms with Gasteiger partial charge in [0.15, 0.2) is 29.4 Å². The highest BCUT2D eigenvalue weighted by Gasteiger charge is 2.54. The van der Waals surface area contributed by atoms with Crippen LogP contribution in [-0.4, -0.2) is 113 Å². The number of nitrogens with one attached hydrogen (secondary N) is 3. The van der Waals surface area contributed by atoms with Crippen LogP contribution in [0, 0.1) is 0 Å². The summed E-state index contributed by atoms with van der Waals surface area (Å²) in [5, 5.41) is 41.2. The Morgan fingerprint density at radius 2 is 1.89 bits per heavy atom. The molecule has 2 atom stereocenters. The number of carboxylic acids is 1. The van der Waals surface area contributed by atoms with Gasteiger partial charge in [0, 0.05) is 18.5 Å². The molecular formula is C31H34ClN10O12S3+. The van der Waals surface area contributed by atoms with Crippen molar-refractivity contribution in [2.45, 2.75) is 44.5 Å². The Hall–Kier alpha value is -5.89. The molecule has 3 aromatic heterocycles. The number of carboxylic acid groups (broad SMARTS) is 1. The summed E-state index contributed by atoms with van der Waals surface area (Å²) < 4.78 is 37.5. The number of aliphatic carboxylic acids is 1. The summed E-state index contributed by atoms with van der Waals surface area (Å²) in [4.78, 5) is 76.7. The Balaban J connectivity index is 1.21. The summed E-state index contributed by atoms with van der Waals surface area (Å²) in [6, 6.07) is -0.683. The third-order valence-corrected chi connectivity index (χ3v) is 11.3. The summed E-state index contributed by atoms with van der Waals surface area (Å²) in [7, 11) is -3.37. The Morgan fingerprint density at radius 3 is 2.54 bits per heavy atom. The number of β-lactam (4-membered cyclic amide) rings is 1. The molecule has 0 spiro atoms. The van der Waals surface area contributed by atoms with E-state index in [1.807, 2.05) is 4.68 Å². The number of oxime groups is 1. The number of carbonyl (C=O) groups is 5. The van der Waals surface area contributed by atoms with E-state index in [0.29, 0.717) is 23.5 Å². The van der Waals surface area contributed by atoms with E-state index in [2.05, 4.69) is 31.1 Å². The fourth-order valence-corrected chi connectivity index (χ4v) is 7.61. The van der Waals surface area contributed by atoms with Gasteiger partial charge in [-0.3, -0.25) is 23.7 Å². The molecule has 26 heteroatoms. The molecule has 9 N–H and O–H groups in total. The molecule has 1 fully saturated rings. The highest BCUT2D eigenvalue weighted by atomic mass is 35.5. The molecule has 57 heavy (non-hydrogen) atoms. The Kier molecular flexibility index (Phi) is 12.4. The van der Waals surface area contributed by atoms with Crippen LogP contribution in [0.3, 0.4) is 0 Å². The van der Waals surface area contributed by atoms with Gasteiger partial charge in [0.2, 0.25) is 11.8 Å². The predicted molar refractivity (Wildman–Crippen MR) is 201 cm³/mol. The highest BCUT2D eigenvalue weighted by molar-refractivity contribution is 7.84. The maximum Gasteiger partial charge on any atom is 0.362 e. The van der Waals surface area contributed by atoms with E-state index in [1.54, 1.807) is 24.1 Å². The van der Waals surface area contributed by atoms with Gasteiger partial charge < -0.3 is 41.8 Å². The van der Waals surface area contributed by atoms with Crippen molar-refractivity contribution in [2.24, 2.45) is 12.2 Å². The van der Waals surface area contributed by atoms with Gasteiger partial charge in [-0.25, -0.2) is 19.1 Å². The van der Waals surface area contributed by atoms with Crippen LogP contribution in [0.25, 0.3) is 10.6 Å². The lowest BCUT2D eigenvalue weighted by molar-refractivity contribution is -0.753. The Morgan fingerprint density at radius 1 is 1.18 bits per heavy atom. The van der Waals surface area contributed by atoms with E-state index in [-0.39, 0.29) is 37.1 Å². The second-order valence-electron chi connectivity index (χ2n) is 12.6. The monoisotopic (exact) mass is 869 g/mol. The van der Waals surface area contributed by atoms with Crippen molar-refractivity contribution < 1.29 is 61.8 Å². The van der Waals surface area contributed by atoms with E-state index >= 15 is 0 Å². The molecule has 0 saturated carbocycles. The number of phenols is 2. The smallest absolute Gasteiger partial charge is 0.362 e. The maximum atomic E-state index is 13.3. The first-order valence-electron chi connectivity index (χ1n) is 16.3. The normalized spacial score (nSPS) is 15.8. The van der Waals surface area contributed by atoms with E-state index in [1.165, 1.54) is 17.6 Å². The number of nitrogens with two attached hydrogens (primary N) is 1. The second-order valence-corrected chi connectivity index (χ2v) is 16.2. The lowest BCUT2D eigenvalue weighted by atomic mass is 9.98. The number of aryl methyl sites for hydroxylation is 2. The number of phenolic OH excluding ortho intramolecular Hbond substituents is 2. The molecule has 0 radical (unpaired) electrons. The summed E-state index contributed by atoms with van der Waals surface area (Å²) in [6.45, 7) is 2.44. The molecule has 1 aliphatic heterocycles. The first kappa shape index (κ1) is 42.3. The first-order valence-corrected chi connectivity index (χ1v) is 19.8. The number of rotatable bonds is 16. The largest absolute Gasteiger partial charge is 0.504 e. The molecule has 4 amide bonds. The third-order valence-electron chi connectivity index (χ3n) is 8.22. The van der Waals surface area contributed by atoms with Crippen molar-refractivity contribution in [2.75, 3.05) is 18.8 Å². The average Bonchev–Trinajstić information content (AvgIpc) is 3.89.